The fourth-order valence-electron chi connectivity index (χ4n) is 2.92. The van der Waals surface area contributed by atoms with Crippen LogP contribution < -0.4 is 10.6 Å². The van der Waals surface area contributed by atoms with Crippen molar-refractivity contribution < 1.29 is 12.8 Å². The molecule has 2 aromatic carbocycles. The van der Waals surface area contributed by atoms with Gasteiger partial charge in [-0.05, 0) is 43.2 Å². The van der Waals surface area contributed by atoms with Gasteiger partial charge in [-0.25, -0.2) is 8.42 Å². The Labute approximate surface area is 165 Å². The first-order chi connectivity index (χ1) is 13.4. The number of sulfone groups is 1. The van der Waals surface area contributed by atoms with Crippen LogP contribution in [0, 0.1) is 0 Å². The summed E-state index contributed by atoms with van der Waals surface area (Å²) < 4.78 is 28.9. The van der Waals surface area contributed by atoms with Gasteiger partial charge in [0.05, 0.1) is 10.9 Å². The highest BCUT2D eigenvalue weighted by Crippen LogP contribution is 2.23. The minimum absolute atomic E-state index is 0.0346. The molecule has 0 amide bonds. The molecule has 0 bridgehead atoms. The first-order valence-electron chi connectivity index (χ1n) is 9.11. The van der Waals surface area contributed by atoms with Crippen molar-refractivity contribution in [2.24, 2.45) is 4.99 Å². The fourth-order valence-corrected chi connectivity index (χ4v) is 3.55. The summed E-state index contributed by atoms with van der Waals surface area (Å²) in [6.07, 6.45) is 1.96. The number of furan rings is 1. The molecular weight excluding hydrogens is 374 g/mol. The van der Waals surface area contributed by atoms with E-state index in [1.165, 1.54) is 6.26 Å². The van der Waals surface area contributed by atoms with E-state index in [1.807, 2.05) is 49.4 Å². The van der Waals surface area contributed by atoms with E-state index in [9.17, 15) is 8.42 Å². The molecule has 148 valence electrons. The summed E-state index contributed by atoms with van der Waals surface area (Å²) in [5.74, 6) is 1.53. The normalized spacial score (nSPS) is 13.5. The molecule has 0 aliphatic heterocycles. The summed E-state index contributed by atoms with van der Waals surface area (Å²) in [4.78, 5) is 4.59. The molecular formula is C21H25N3O3S. The highest BCUT2D eigenvalue weighted by Gasteiger charge is 2.13. The highest BCUT2D eigenvalue weighted by molar-refractivity contribution is 7.90. The van der Waals surface area contributed by atoms with Crippen LogP contribution in [0.1, 0.15) is 24.3 Å². The van der Waals surface area contributed by atoms with E-state index in [1.54, 1.807) is 19.2 Å². The monoisotopic (exact) mass is 399 g/mol. The SMILES string of the molecule is CN=C(NCCc1ccc(S(C)(=O)=O)cc1)NC(C)c1cc2ccccc2o1. The molecule has 3 rings (SSSR count). The Kier molecular flexibility index (Phi) is 6.04. The van der Waals surface area contributed by atoms with Crippen molar-refractivity contribution in [3.05, 3.63) is 65.9 Å². The van der Waals surface area contributed by atoms with Crippen molar-refractivity contribution in [1.82, 2.24) is 10.6 Å². The Bertz CT molecular complexity index is 1040. The van der Waals surface area contributed by atoms with Crippen LogP contribution in [0.4, 0.5) is 0 Å². The second-order valence-electron chi connectivity index (χ2n) is 6.72. The summed E-state index contributed by atoms with van der Waals surface area (Å²) in [5.41, 5.74) is 1.92. The van der Waals surface area contributed by atoms with E-state index in [-0.39, 0.29) is 6.04 Å². The van der Waals surface area contributed by atoms with Gasteiger partial charge in [-0.15, -0.1) is 0 Å². The number of rotatable bonds is 6. The van der Waals surface area contributed by atoms with Gasteiger partial charge in [0.15, 0.2) is 15.8 Å². The molecule has 1 atom stereocenters. The Morgan fingerprint density at radius 3 is 2.50 bits per heavy atom. The first-order valence-corrected chi connectivity index (χ1v) is 11.0. The van der Waals surface area contributed by atoms with Crippen LogP contribution in [0.5, 0.6) is 0 Å². The smallest absolute Gasteiger partial charge is 0.191 e. The van der Waals surface area contributed by atoms with Gasteiger partial charge < -0.3 is 15.1 Å². The van der Waals surface area contributed by atoms with Gasteiger partial charge in [-0.3, -0.25) is 4.99 Å². The van der Waals surface area contributed by atoms with E-state index in [2.05, 4.69) is 15.6 Å². The summed E-state index contributed by atoms with van der Waals surface area (Å²) in [7, 11) is -1.44. The molecule has 1 aromatic heterocycles. The number of hydrogen-bond acceptors (Lipinski definition) is 4. The zero-order valence-corrected chi connectivity index (χ0v) is 17.1. The van der Waals surface area contributed by atoms with Gasteiger partial charge in [0.1, 0.15) is 11.3 Å². The average Bonchev–Trinajstić information content (AvgIpc) is 3.11. The quantitative estimate of drug-likeness (QED) is 0.491. The van der Waals surface area contributed by atoms with Gasteiger partial charge in [0.2, 0.25) is 0 Å². The van der Waals surface area contributed by atoms with Crippen LogP contribution in [-0.4, -0.2) is 34.2 Å². The Balaban J connectivity index is 1.54. The molecule has 28 heavy (non-hydrogen) atoms. The second-order valence-corrected chi connectivity index (χ2v) is 8.73. The molecule has 0 saturated carbocycles. The topological polar surface area (TPSA) is 83.7 Å². The maximum atomic E-state index is 11.5. The molecule has 7 heteroatoms. The van der Waals surface area contributed by atoms with E-state index >= 15 is 0 Å². The standard InChI is InChI=1S/C21H25N3O3S/c1-15(20-14-17-6-4-5-7-19(17)27-20)24-21(22-2)23-13-12-16-8-10-18(11-9-16)28(3,25)26/h4-11,14-15H,12-13H2,1-3H3,(H2,22,23,24). The third-order valence-electron chi connectivity index (χ3n) is 4.51. The van der Waals surface area contributed by atoms with Crippen molar-refractivity contribution in [3.8, 4) is 0 Å². The summed E-state index contributed by atoms with van der Waals surface area (Å²) in [6, 6.07) is 16.9. The predicted molar refractivity (Wildman–Crippen MR) is 112 cm³/mol. The zero-order chi connectivity index (χ0) is 20.1. The predicted octanol–water partition coefficient (Wildman–Crippen LogP) is 3.31. The average molecular weight is 400 g/mol. The number of guanidine groups is 1. The number of nitrogens with one attached hydrogen (secondary N) is 2. The van der Waals surface area contributed by atoms with Crippen molar-refractivity contribution in [3.63, 3.8) is 0 Å². The van der Waals surface area contributed by atoms with Gasteiger partial charge >= 0.3 is 0 Å². The third kappa shape index (κ3) is 4.92. The molecule has 0 radical (unpaired) electrons. The molecule has 3 aromatic rings. The van der Waals surface area contributed by atoms with E-state index < -0.39 is 9.84 Å². The van der Waals surface area contributed by atoms with Crippen LogP contribution in [0.3, 0.4) is 0 Å². The Hall–Kier alpha value is -2.80. The number of aliphatic imine (C=N–C) groups is 1. The van der Waals surface area contributed by atoms with Crippen LogP contribution in [0.2, 0.25) is 0 Å². The lowest BCUT2D eigenvalue weighted by Crippen LogP contribution is -2.39. The largest absolute Gasteiger partial charge is 0.459 e. The Morgan fingerprint density at radius 1 is 1.14 bits per heavy atom. The molecule has 2 N–H and O–H groups in total. The summed E-state index contributed by atoms with van der Waals surface area (Å²) >= 11 is 0. The highest BCUT2D eigenvalue weighted by atomic mass is 32.2. The molecule has 6 nitrogen and oxygen atoms in total. The zero-order valence-electron chi connectivity index (χ0n) is 16.3. The molecule has 0 aliphatic rings. The van der Waals surface area contributed by atoms with Gasteiger partial charge in [-0.2, -0.15) is 0 Å². The molecule has 1 heterocycles. The minimum Gasteiger partial charge on any atom is -0.459 e. The minimum atomic E-state index is -3.16. The number of benzene rings is 2. The molecule has 0 saturated heterocycles. The van der Waals surface area contributed by atoms with E-state index in [0.29, 0.717) is 17.4 Å². The van der Waals surface area contributed by atoms with Crippen molar-refractivity contribution >= 4 is 26.8 Å². The Morgan fingerprint density at radius 2 is 1.86 bits per heavy atom. The summed E-state index contributed by atoms with van der Waals surface area (Å²) in [6.45, 7) is 2.69. The fraction of sp³-hybridized carbons (Fsp3) is 0.286. The van der Waals surface area contributed by atoms with Gasteiger partial charge in [0.25, 0.3) is 0 Å². The second kappa shape index (κ2) is 8.48. The number of hydrogen-bond donors (Lipinski definition) is 2. The van der Waals surface area contributed by atoms with E-state index in [0.717, 1.165) is 28.7 Å². The molecule has 1 unspecified atom stereocenters. The molecule has 0 spiro atoms. The van der Waals surface area contributed by atoms with Gasteiger partial charge in [-0.1, -0.05) is 30.3 Å². The maximum Gasteiger partial charge on any atom is 0.191 e. The lowest BCUT2D eigenvalue weighted by atomic mass is 10.1. The van der Waals surface area contributed by atoms with E-state index in [4.69, 9.17) is 4.42 Å². The van der Waals surface area contributed by atoms with Crippen molar-refractivity contribution in [1.29, 1.82) is 0 Å². The van der Waals surface area contributed by atoms with Crippen LogP contribution in [0.25, 0.3) is 11.0 Å². The van der Waals surface area contributed by atoms with Gasteiger partial charge in [0, 0.05) is 25.2 Å². The maximum absolute atomic E-state index is 11.5. The summed E-state index contributed by atoms with van der Waals surface area (Å²) in [5, 5.41) is 7.68. The van der Waals surface area contributed by atoms with Crippen LogP contribution >= 0.6 is 0 Å². The van der Waals surface area contributed by atoms with Crippen molar-refractivity contribution in [2.75, 3.05) is 19.8 Å². The molecule has 0 aliphatic carbocycles. The number of fused-ring (bicyclic) bond motifs is 1. The lowest BCUT2D eigenvalue weighted by molar-refractivity contribution is 0.488. The van der Waals surface area contributed by atoms with Crippen LogP contribution in [-0.2, 0) is 16.3 Å². The number of nitrogens with zero attached hydrogens (tertiary/aromatic N) is 1. The number of para-hydroxylation sites is 1. The van der Waals surface area contributed by atoms with Crippen LogP contribution in [0.15, 0.2) is 68.9 Å². The lowest BCUT2D eigenvalue weighted by Gasteiger charge is -2.16. The van der Waals surface area contributed by atoms with Crippen molar-refractivity contribution in [2.45, 2.75) is 24.3 Å². The third-order valence-corrected chi connectivity index (χ3v) is 5.63. The molecule has 0 fully saturated rings. The first kappa shape index (κ1) is 19.9.